The van der Waals surface area contributed by atoms with E-state index in [-0.39, 0.29) is 41.7 Å². The third kappa shape index (κ3) is 8.04. The topological polar surface area (TPSA) is 90.9 Å². The van der Waals surface area contributed by atoms with E-state index in [1.807, 2.05) is 36.1 Å². The molecule has 2 N–H and O–H groups in total. The standard InChI is InChI=1S/C18H28N4O3S.HI/c1-14(10-12-26(3,24)25)21-18(19-2)20-13-15-6-8-16(9-7-15)22-11-4-5-17(22)23;/h6-9,14H,4-5,10-13H2,1-3H3,(H2,19,20,21);1H. The number of benzene rings is 1. The van der Waals surface area contributed by atoms with E-state index in [4.69, 9.17) is 0 Å². The van der Waals surface area contributed by atoms with Gasteiger partial charge in [-0.25, -0.2) is 8.42 Å². The largest absolute Gasteiger partial charge is 0.354 e. The Morgan fingerprint density at radius 3 is 2.48 bits per heavy atom. The Morgan fingerprint density at radius 1 is 1.30 bits per heavy atom. The van der Waals surface area contributed by atoms with Crippen molar-refractivity contribution >= 4 is 51.4 Å². The van der Waals surface area contributed by atoms with Crippen molar-refractivity contribution in [2.45, 2.75) is 38.8 Å². The SMILES string of the molecule is CN=C(NCc1ccc(N2CCCC2=O)cc1)NC(C)CCS(C)(=O)=O.I. The van der Waals surface area contributed by atoms with Gasteiger partial charge < -0.3 is 15.5 Å². The number of amides is 1. The Labute approximate surface area is 178 Å². The second-order valence-electron chi connectivity index (χ2n) is 6.71. The minimum atomic E-state index is -2.96. The summed E-state index contributed by atoms with van der Waals surface area (Å²) in [6.45, 7) is 3.31. The van der Waals surface area contributed by atoms with Gasteiger partial charge in [0.05, 0.1) is 5.75 Å². The Hall–Kier alpha value is -1.36. The van der Waals surface area contributed by atoms with Crippen LogP contribution in [0.2, 0.25) is 0 Å². The maximum atomic E-state index is 11.8. The summed E-state index contributed by atoms with van der Waals surface area (Å²) in [4.78, 5) is 17.8. The lowest BCUT2D eigenvalue weighted by Crippen LogP contribution is -2.42. The van der Waals surface area contributed by atoms with Crippen molar-refractivity contribution in [2.24, 2.45) is 4.99 Å². The summed E-state index contributed by atoms with van der Waals surface area (Å²) in [5, 5.41) is 6.41. The van der Waals surface area contributed by atoms with Crippen molar-refractivity contribution < 1.29 is 13.2 Å². The van der Waals surface area contributed by atoms with Crippen LogP contribution < -0.4 is 15.5 Å². The smallest absolute Gasteiger partial charge is 0.227 e. The van der Waals surface area contributed by atoms with Gasteiger partial charge in [-0.3, -0.25) is 9.79 Å². The van der Waals surface area contributed by atoms with Crippen LogP contribution in [0.4, 0.5) is 5.69 Å². The van der Waals surface area contributed by atoms with Crippen molar-refractivity contribution in [3.8, 4) is 0 Å². The molecule has 1 atom stereocenters. The average molecular weight is 508 g/mol. The first-order valence-corrected chi connectivity index (χ1v) is 10.9. The number of anilines is 1. The second kappa shape index (κ2) is 10.8. The molecule has 1 saturated heterocycles. The van der Waals surface area contributed by atoms with Crippen LogP contribution in [0, 0.1) is 0 Å². The minimum Gasteiger partial charge on any atom is -0.354 e. The molecule has 1 amide bonds. The Bertz CT molecular complexity index is 750. The maximum absolute atomic E-state index is 11.8. The van der Waals surface area contributed by atoms with Gasteiger partial charge in [-0.05, 0) is 37.5 Å². The molecule has 0 spiro atoms. The van der Waals surface area contributed by atoms with Crippen LogP contribution in [-0.4, -0.2) is 51.9 Å². The van der Waals surface area contributed by atoms with E-state index in [2.05, 4.69) is 15.6 Å². The van der Waals surface area contributed by atoms with Crippen LogP contribution in [0.1, 0.15) is 31.7 Å². The molecule has 1 fully saturated rings. The number of hydrogen-bond donors (Lipinski definition) is 2. The van der Waals surface area contributed by atoms with Gasteiger partial charge in [0.15, 0.2) is 5.96 Å². The molecule has 27 heavy (non-hydrogen) atoms. The molecule has 1 heterocycles. The summed E-state index contributed by atoms with van der Waals surface area (Å²) in [6, 6.07) is 7.92. The van der Waals surface area contributed by atoms with Crippen molar-refractivity contribution in [3.05, 3.63) is 29.8 Å². The van der Waals surface area contributed by atoms with Crippen molar-refractivity contribution in [1.82, 2.24) is 10.6 Å². The van der Waals surface area contributed by atoms with E-state index in [0.717, 1.165) is 24.2 Å². The first-order chi connectivity index (χ1) is 12.3. The van der Waals surface area contributed by atoms with Crippen LogP contribution in [0.5, 0.6) is 0 Å². The lowest BCUT2D eigenvalue weighted by Gasteiger charge is -2.18. The number of carbonyl (C=O) groups excluding carboxylic acids is 1. The molecular formula is C18H29IN4O3S. The Balaban J connectivity index is 0.00000364. The van der Waals surface area contributed by atoms with Gasteiger partial charge in [0.2, 0.25) is 5.91 Å². The first-order valence-electron chi connectivity index (χ1n) is 8.82. The molecule has 1 aromatic carbocycles. The van der Waals surface area contributed by atoms with Gasteiger partial charge in [-0.2, -0.15) is 0 Å². The molecule has 9 heteroatoms. The second-order valence-corrected chi connectivity index (χ2v) is 8.96. The normalized spacial score (nSPS) is 16.0. The highest BCUT2D eigenvalue weighted by Crippen LogP contribution is 2.21. The molecule has 0 bridgehead atoms. The maximum Gasteiger partial charge on any atom is 0.227 e. The van der Waals surface area contributed by atoms with Crippen LogP contribution in [0.25, 0.3) is 0 Å². The van der Waals surface area contributed by atoms with E-state index < -0.39 is 9.84 Å². The number of hydrogen-bond acceptors (Lipinski definition) is 4. The number of guanidine groups is 1. The number of aliphatic imine (C=N–C) groups is 1. The number of rotatable bonds is 7. The molecule has 0 aliphatic carbocycles. The quantitative estimate of drug-likeness (QED) is 0.334. The highest BCUT2D eigenvalue weighted by atomic mass is 127. The number of sulfone groups is 1. The molecule has 7 nitrogen and oxygen atoms in total. The summed E-state index contributed by atoms with van der Waals surface area (Å²) >= 11 is 0. The fraction of sp³-hybridized carbons (Fsp3) is 0.556. The molecule has 1 aromatic rings. The van der Waals surface area contributed by atoms with Crippen molar-refractivity contribution in [1.29, 1.82) is 0 Å². The molecule has 1 aliphatic heterocycles. The van der Waals surface area contributed by atoms with Gasteiger partial charge in [-0.1, -0.05) is 12.1 Å². The molecule has 0 saturated carbocycles. The molecule has 2 rings (SSSR count). The van der Waals surface area contributed by atoms with E-state index in [0.29, 0.717) is 25.3 Å². The zero-order chi connectivity index (χ0) is 19.2. The number of nitrogens with zero attached hydrogens (tertiary/aromatic N) is 2. The zero-order valence-corrected chi connectivity index (χ0v) is 19.2. The Morgan fingerprint density at radius 2 is 1.96 bits per heavy atom. The minimum absolute atomic E-state index is 0. The average Bonchev–Trinajstić information content (AvgIpc) is 3.02. The summed E-state index contributed by atoms with van der Waals surface area (Å²) < 4.78 is 22.5. The lowest BCUT2D eigenvalue weighted by molar-refractivity contribution is -0.117. The van der Waals surface area contributed by atoms with Crippen molar-refractivity contribution in [2.75, 3.05) is 30.5 Å². The third-order valence-electron chi connectivity index (χ3n) is 4.31. The zero-order valence-electron chi connectivity index (χ0n) is 16.1. The molecule has 152 valence electrons. The summed E-state index contributed by atoms with van der Waals surface area (Å²) in [7, 11) is -1.28. The monoisotopic (exact) mass is 508 g/mol. The van der Waals surface area contributed by atoms with E-state index in [1.165, 1.54) is 6.26 Å². The summed E-state index contributed by atoms with van der Waals surface area (Å²) in [5.74, 6) is 0.961. The first kappa shape index (κ1) is 23.7. The molecule has 0 radical (unpaired) electrons. The number of nitrogens with one attached hydrogen (secondary N) is 2. The fourth-order valence-electron chi connectivity index (χ4n) is 2.79. The van der Waals surface area contributed by atoms with Crippen LogP contribution in [0.3, 0.4) is 0 Å². The summed E-state index contributed by atoms with van der Waals surface area (Å²) in [6.07, 6.45) is 3.31. The molecular weight excluding hydrogens is 479 g/mol. The van der Waals surface area contributed by atoms with Gasteiger partial charge in [0.1, 0.15) is 9.84 Å². The van der Waals surface area contributed by atoms with Crippen molar-refractivity contribution in [3.63, 3.8) is 0 Å². The predicted octanol–water partition coefficient (Wildman–Crippen LogP) is 1.92. The Kier molecular flexibility index (Phi) is 9.51. The van der Waals surface area contributed by atoms with E-state index in [1.54, 1.807) is 7.05 Å². The lowest BCUT2D eigenvalue weighted by atomic mass is 10.2. The third-order valence-corrected chi connectivity index (χ3v) is 5.29. The van der Waals surface area contributed by atoms with Gasteiger partial charge in [0.25, 0.3) is 0 Å². The van der Waals surface area contributed by atoms with Crippen LogP contribution in [0.15, 0.2) is 29.3 Å². The van der Waals surface area contributed by atoms with Crippen LogP contribution >= 0.6 is 24.0 Å². The molecule has 1 unspecified atom stereocenters. The fourth-order valence-corrected chi connectivity index (χ4v) is 3.57. The number of carbonyl (C=O) groups is 1. The van der Waals surface area contributed by atoms with Gasteiger partial charge in [-0.15, -0.1) is 24.0 Å². The number of halogens is 1. The highest BCUT2D eigenvalue weighted by molar-refractivity contribution is 14.0. The molecule has 0 aromatic heterocycles. The van der Waals surface area contributed by atoms with E-state index >= 15 is 0 Å². The van der Waals surface area contributed by atoms with Gasteiger partial charge >= 0.3 is 0 Å². The predicted molar refractivity (Wildman–Crippen MR) is 121 cm³/mol. The molecule has 1 aliphatic rings. The van der Waals surface area contributed by atoms with Gasteiger partial charge in [0, 0.05) is 44.5 Å². The van der Waals surface area contributed by atoms with E-state index in [9.17, 15) is 13.2 Å². The summed E-state index contributed by atoms with van der Waals surface area (Å²) in [5.41, 5.74) is 2.01. The van der Waals surface area contributed by atoms with Crippen LogP contribution in [-0.2, 0) is 21.2 Å². The highest BCUT2D eigenvalue weighted by Gasteiger charge is 2.21.